The summed E-state index contributed by atoms with van der Waals surface area (Å²) in [6.45, 7) is 0. The standard InChI is InChI=1S/C19H16ClNO4/c1-23-15-8-12-10-21-18(11-4-6-13(20)7-5-11)17(19(22)25-3)14(12)9-16(15)24-2/h4-10H,1-3H3. The van der Waals surface area contributed by atoms with Crippen LogP contribution in [0.3, 0.4) is 0 Å². The van der Waals surface area contributed by atoms with Gasteiger partial charge in [-0.15, -0.1) is 0 Å². The van der Waals surface area contributed by atoms with Crippen molar-refractivity contribution in [1.29, 1.82) is 0 Å². The highest BCUT2D eigenvalue weighted by molar-refractivity contribution is 6.30. The summed E-state index contributed by atoms with van der Waals surface area (Å²) < 4.78 is 15.7. The molecule has 2 aromatic carbocycles. The minimum atomic E-state index is -0.477. The number of esters is 1. The molecule has 25 heavy (non-hydrogen) atoms. The zero-order chi connectivity index (χ0) is 18.0. The van der Waals surface area contributed by atoms with Crippen LogP contribution in [-0.4, -0.2) is 32.3 Å². The van der Waals surface area contributed by atoms with Crippen LogP contribution in [0.15, 0.2) is 42.6 Å². The fourth-order valence-electron chi connectivity index (χ4n) is 2.68. The van der Waals surface area contributed by atoms with E-state index in [1.54, 1.807) is 44.7 Å². The van der Waals surface area contributed by atoms with E-state index in [9.17, 15) is 4.79 Å². The summed E-state index contributed by atoms with van der Waals surface area (Å²) in [5.74, 6) is 0.607. The highest BCUT2D eigenvalue weighted by Crippen LogP contribution is 2.36. The fraction of sp³-hybridized carbons (Fsp3) is 0.158. The molecule has 0 aliphatic rings. The van der Waals surface area contributed by atoms with Crippen LogP contribution in [-0.2, 0) is 4.74 Å². The minimum Gasteiger partial charge on any atom is -0.493 e. The zero-order valence-electron chi connectivity index (χ0n) is 14.0. The van der Waals surface area contributed by atoms with Gasteiger partial charge in [-0.05, 0) is 24.3 Å². The third-order valence-corrected chi connectivity index (χ3v) is 4.15. The molecule has 0 aliphatic heterocycles. The van der Waals surface area contributed by atoms with Gasteiger partial charge in [-0.25, -0.2) is 4.79 Å². The van der Waals surface area contributed by atoms with Crippen LogP contribution >= 0.6 is 11.6 Å². The molecule has 3 aromatic rings. The van der Waals surface area contributed by atoms with Crippen LogP contribution in [0.5, 0.6) is 11.5 Å². The summed E-state index contributed by atoms with van der Waals surface area (Å²) in [4.78, 5) is 16.9. The molecule has 0 fully saturated rings. The molecule has 0 saturated heterocycles. The Kier molecular flexibility index (Phi) is 4.76. The van der Waals surface area contributed by atoms with Gasteiger partial charge >= 0.3 is 5.97 Å². The molecule has 1 aromatic heterocycles. The van der Waals surface area contributed by atoms with E-state index >= 15 is 0 Å². The molecule has 0 unspecified atom stereocenters. The number of hydrogen-bond acceptors (Lipinski definition) is 5. The fourth-order valence-corrected chi connectivity index (χ4v) is 2.81. The number of pyridine rings is 1. The number of carbonyl (C=O) groups is 1. The summed E-state index contributed by atoms with van der Waals surface area (Å²) in [6.07, 6.45) is 1.69. The second-order valence-corrected chi connectivity index (χ2v) is 5.71. The summed E-state index contributed by atoms with van der Waals surface area (Å²) in [5.41, 5.74) is 1.65. The number of hydrogen-bond donors (Lipinski definition) is 0. The number of ether oxygens (including phenoxy) is 3. The van der Waals surface area contributed by atoms with Crippen molar-refractivity contribution >= 4 is 28.3 Å². The molecule has 5 nitrogen and oxygen atoms in total. The van der Waals surface area contributed by atoms with Gasteiger partial charge in [0, 0.05) is 27.6 Å². The van der Waals surface area contributed by atoms with Crippen LogP contribution < -0.4 is 9.47 Å². The van der Waals surface area contributed by atoms with Crippen molar-refractivity contribution in [2.45, 2.75) is 0 Å². The van der Waals surface area contributed by atoms with Crippen molar-refractivity contribution in [2.24, 2.45) is 0 Å². The van der Waals surface area contributed by atoms with E-state index in [0.717, 1.165) is 10.9 Å². The van der Waals surface area contributed by atoms with Gasteiger partial charge in [0.05, 0.1) is 32.6 Å². The molecule has 0 amide bonds. The molecule has 0 radical (unpaired) electrons. The highest BCUT2D eigenvalue weighted by Gasteiger charge is 2.20. The minimum absolute atomic E-state index is 0.364. The molecule has 0 N–H and O–H groups in total. The van der Waals surface area contributed by atoms with Gasteiger partial charge < -0.3 is 14.2 Å². The summed E-state index contributed by atoms with van der Waals surface area (Å²) >= 11 is 5.95. The Morgan fingerprint density at radius 3 is 2.24 bits per heavy atom. The Morgan fingerprint density at radius 1 is 1.00 bits per heavy atom. The van der Waals surface area contributed by atoms with Gasteiger partial charge in [0.2, 0.25) is 0 Å². The molecule has 0 aliphatic carbocycles. The number of nitrogens with zero attached hydrogens (tertiary/aromatic N) is 1. The second kappa shape index (κ2) is 6.99. The van der Waals surface area contributed by atoms with Gasteiger partial charge in [0.1, 0.15) is 0 Å². The van der Waals surface area contributed by atoms with Crippen LogP contribution in [0.1, 0.15) is 10.4 Å². The Hall–Kier alpha value is -2.79. The third kappa shape index (κ3) is 3.10. The topological polar surface area (TPSA) is 57.7 Å². The normalized spacial score (nSPS) is 10.6. The molecule has 3 rings (SSSR count). The number of fused-ring (bicyclic) bond motifs is 1. The highest BCUT2D eigenvalue weighted by atomic mass is 35.5. The Balaban J connectivity index is 2.34. The number of aromatic nitrogens is 1. The molecule has 0 bridgehead atoms. The van der Waals surface area contributed by atoms with Crippen molar-refractivity contribution in [1.82, 2.24) is 4.98 Å². The lowest BCUT2D eigenvalue weighted by Gasteiger charge is -2.14. The first-order valence-electron chi connectivity index (χ1n) is 7.48. The molecular formula is C19H16ClNO4. The number of carbonyl (C=O) groups excluding carboxylic acids is 1. The summed E-state index contributed by atoms with van der Waals surface area (Å²) in [7, 11) is 4.44. The Bertz CT molecular complexity index is 938. The smallest absolute Gasteiger partial charge is 0.340 e. The number of halogens is 1. The van der Waals surface area contributed by atoms with E-state index in [1.807, 2.05) is 12.1 Å². The van der Waals surface area contributed by atoms with Crippen molar-refractivity contribution in [2.75, 3.05) is 21.3 Å². The molecule has 0 spiro atoms. The number of benzene rings is 2. The maximum atomic E-state index is 12.5. The number of methoxy groups -OCH3 is 3. The maximum Gasteiger partial charge on any atom is 0.340 e. The van der Waals surface area contributed by atoms with Crippen molar-refractivity contribution in [3.05, 3.63) is 53.2 Å². The van der Waals surface area contributed by atoms with Gasteiger partial charge in [0.25, 0.3) is 0 Å². The maximum absolute atomic E-state index is 12.5. The third-order valence-electron chi connectivity index (χ3n) is 3.90. The molecule has 128 valence electrons. The lowest BCUT2D eigenvalue weighted by atomic mass is 9.99. The summed E-state index contributed by atoms with van der Waals surface area (Å²) in [6, 6.07) is 10.6. The van der Waals surface area contributed by atoms with Crippen molar-refractivity contribution < 1.29 is 19.0 Å². The Morgan fingerprint density at radius 2 is 1.64 bits per heavy atom. The second-order valence-electron chi connectivity index (χ2n) is 5.27. The van der Waals surface area contributed by atoms with E-state index in [-0.39, 0.29) is 0 Å². The zero-order valence-corrected chi connectivity index (χ0v) is 14.8. The lowest BCUT2D eigenvalue weighted by molar-refractivity contribution is 0.0603. The van der Waals surface area contributed by atoms with Crippen molar-refractivity contribution in [3.63, 3.8) is 0 Å². The van der Waals surface area contributed by atoms with Gasteiger partial charge in [-0.3, -0.25) is 4.98 Å². The van der Waals surface area contributed by atoms with E-state index in [0.29, 0.717) is 33.2 Å². The predicted octanol–water partition coefficient (Wildman–Crippen LogP) is 4.36. The van der Waals surface area contributed by atoms with Crippen LogP contribution in [0.2, 0.25) is 5.02 Å². The SMILES string of the molecule is COC(=O)c1c(-c2ccc(Cl)cc2)ncc2cc(OC)c(OC)cc12. The quantitative estimate of drug-likeness (QED) is 0.649. The number of rotatable bonds is 4. The molecule has 0 atom stereocenters. The molecule has 1 heterocycles. The van der Waals surface area contributed by atoms with Crippen LogP contribution in [0, 0.1) is 0 Å². The molecule has 0 saturated carbocycles. The van der Waals surface area contributed by atoms with E-state index in [2.05, 4.69) is 4.98 Å². The Labute approximate surface area is 150 Å². The largest absolute Gasteiger partial charge is 0.493 e. The average molecular weight is 358 g/mol. The average Bonchev–Trinajstić information content (AvgIpc) is 2.65. The first kappa shape index (κ1) is 17.0. The van der Waals surface area contributed by atoms with E-state index in [4.69, 9.17) is 25.8 Å². The first-order valence-corrected chi connectivity index (χ1v) is 7.85. The van der Waals surface area contributed by atoms with Crippen LogP contribution in [0.4, 0.5) is 0 Å². The van der Waals surface area contributed by atoms with Gasteiger partial charge in [0.15, 0.2) is 11.5 Å². The predicted molar refractivity (Wildman–Crippen MR) is 96.6 cm³/mol. The van der Waals surface area contributed by atoms with E-state index < -0.39 is 5.97 Å². The molecule has 6 heteroatoms. The van der Waals surface area contributed by atoms with Gasteiger partial charge in [-0.1, -0.05) is 23.7 Å². The van der Waals surface area contributed by atoms with Crippen molar-refractivity contribution in [3.8, 4) is 22.8 Å². The van der Waals surface area contributed by atoms with E-state index in [1.165, 1.54) is 7.11 Å². The van der Waals surface area contributed by atoms with Crippen LogP contribution in [0.25, 0.3) is 22.0 Å². The molecular weight excluding hydrogens is 342 g/mol. The van der Waals surface area contributed by atoms with Gasteiger partial charge in [-0.2, -0.15) is 0 Å². The first-order chi connectivity index (χ1) is 12.1. The lowest BCUT2D eigenvalue weighted by Crippen LogP contribution is -2.07. The summed E-state index contributed by atoms with van der Waals surface area (Å²) in [5, 5.41) is 2.02. The monoisotopic (exact) mass is 357 g/mol.